The molecule has 0 spiro atoms. The second kappa shape index (κ2) is 5.52. The second-order valence-electron chi connectivity index (χ2n) is 9.81. The Kier molecular flexibility index (Phi) is 4.68. The summed E-state index contributed by atoms with van der Waals surface area (Å²) >= 11 is 0.186. The lowest BCUT2D eigenvalue weighted by Crippen LogP contribution is -2.70. The first-order valence-electron chi connectivity index (χ1n) is 8.83. The van der Waals surface area contributed by atoms with E-state index >= 15 is 0 Å². The molecule has 1 radical (unpaired) electrons. The summed E-state index contributed by atoms with van der Waals surface area (Å²) in [4.78, 5) is 0. The number of piperidine rings is 2. The number of nitrogens with zero attached hydrogens (tertiary/aromatic N) is 2. The van der Waals surface area contributed by atoms with E-state index in [1.807, 2.05) is 0 Å². The zero-order chi connectivity index (χ0) is 16.1. The molecule has 2 saturated heterocycles. The van der Waals surface area contributed by atoms with E-state index in [1.54, 1.807) is 0 Å². The molecular weight excluding hydrogens is 271 g/mol. The van der Waals surface area contributed by atoms with Gasteiger partial charge in [0.25, 0.3) is 0 Å². The first kappa shape index (κ1) is 17.8. The van der Waals surface area contributed by atoms with Crippen LogP contribution in [0, 0.1) is 0 Å². The van der Waals surface area contributed by atoms with Gasteiger partial charge in [-0.15, -0.1) is 0 Å². The predicted octanol–water partition coefficient (Wildman–Crippen LogP) is 4.61. The Balaban J connectivity index is 2.28. The molecule has 0 aromatic heterocycles. The molecule has 0 atom stereocenters. The molecule has 0 unspecified atom stereocenters. The maximum absolute atomic E-state index is 2.87. The van der Waals surface area contributed by atoms with Gasteiger partial charge in [0.1, 0.15) is 0 Å². The summed E-state index contributed by atoms with van der Waals surface area (Å²) in [6, 6.07) is 0. The van der Waals surface area contributed by atoms with Crippen LogP contribution in [0.3, 0.4) is 0 Å². The summed E-state index contributed by atoms with van der Waals surface area (Å²) in [5, 5.41) is 0. The zero-order valence-electron chi connectivity index (χ0n) is 15.7. The fraction of sp³-hybridized carbons (Fsp3) is 1.00. The second-order valence-corrected chi connectivity index (χ2v) is 11.1. The molecule has 2 nitrogen and oxygen atoms in total. The molecule has 21 heavy (non-hydrogen) atoms. The monoisotopic (exact) mass is 307 g/mol. The first-order valence-corrected chi connectivity index (χ1v) is 9.86. The Labute approximate surface area is 139 Å². The van der Waals surface area contributed by atoms with Gasteiger partial charge in [-0.2, -0.15) is 0 Å². The van der Waals surface area contributed by atoms with E-state index < -0.39 is 0 Å². The fourth-order valence-corrected chi connectivity index (χ4v) is 6.77. The van der Waals surface area contributed by atoms with E-state index in [0.717, 1.165) is 0 Å². The minimum atomic E-state index is 0.186. The zero-order valence-corrected chi connectivity index (χ0v) is 16.9. The molecule has 2 rings (SSSR count). The lowest BCUT2D eigenvalue weighted by atomic mass is 9.82. The molecule has 2 aliphatic heterocycles. The largest absolute Gasteiger partial charge is 0.456 e. The number of hydrogen-bond acceptors (Lipinski definition) is 2. The van der Waals surface area contributed by atoms with E-state index in [2.05, 4.69) is 63.2 Å². The summed E-state index contributed by atoms with van der Waals surface area (Å²) in [6.45, 7) is 19.7. The maximum Gasteiger partial charge on any atom is 0.456 e. The summed E-state index contributed by atoms with van der Waals surface area (Å²) in [7, 11) is 0. The van der Waals surface area contributed by atoms with Crippen molar-refractivity contribution in [1.29, 1.82) is 0 Å². The molecule has 121 valence electrons. The highest BCUT2D eigenvalue weighted by atomic mass is 27.1. The molecule has 0 amide bonds. The normalized spacial score (nSPS) is 31.8. The molecule has 0 aromatic rings. The Hall–Kier alpha value is 0.452. The van der Waals surface area contributed by atoms with Gasteiger partial charge < -0.3 is 7.77 Å². The van der Waals surface area contributed by atoms with Crippen molar-refractivity contribution in [1.82, 2.24) is 7.77 Å². The molecule has 2 heterocycles. The van der Waals surface area contributed by atoms with Crippen LogP contribution in [0.1, 0.15) is 93.9 Å². The Morgan fingerprint density at radius 3 is 1.00 bits per heavy atom. The molecule has 0 saturated carbocycles. The van der Waals surface area contributed by atoms with Crippen LogP contribution in [0.5, 0.6) is 0 Å². The van der Waals surface area contributed by atoms with Gasteiger partial charge in [-0.25, -0.2) is 0 Å². The van der Waals surface area contributed by atoms with Gasteiger partial charge >= 0.3 is 15.7 Å². The standard InChI is InChI=1S/2C9H18N.Al/c2*1-8(2)6-5-7-9(3,4)10-8;/h2*5-7H2,1-4H3;/q2*-1;+2. The molecule has 0 aliphatic carbocycles. The van der Waals surface area contributed by atoms with Crippen molar-refractivity contribution in [3.05, 3.63) is 0 Å². The van der Waals surface area contributed by atoms with Gasteiger partial charge in [0, 0.05) is 0 Å². The highest BCUT2D eigenvalue weighted by Gasteiger charge is 2.48. The third-order valence-corrected chi connectivity index (χ3v) is 9.25. The van der Waals surface area contributed by atoms with Gasteiger partial charge in [0.05, 0.1) is 0 Å². The fourth-order valence-electron chi connectivity index (χ4n) is 4.77. The van der Waals surface area contributed by atoms with Crippen LogP contribution in [0.4, 0.5) is 0 Å². The van der Waals surface area contributed by atoms with E-state index in [-0.39, 0.29) is 15.7 Å². The van der Waals surface area contributed by atoms with Gasteiger partial charge in [-0.05, 0) is 116 Å². The SMILES string of the molecule is CC1(C)CCCC(C)(C)[N]1[Al][N]1C(C)(C)CCCC1(C)C. The Morgan fingerprint density at radius 2 is 0.762 bits per heavy atom. The average Bonchev–Trinajstić information content (AvgIpc) is 2.23. The minimum Gasteiger partial charge on any atom is -0.368 e. The molecule has 0 aromatic carbocycles. The van der Waals surface area contributed by atoms with Crippen molar-refractivity contribution in [2.24, 2.45) is 0 Å². The maximum atomic E-state index is 2.87. The molecule has 0 bridgehead atoms. The van der Waals surface area contributed by atoms with Crippen LogP contribution in [0.25, 0.3) is 0 Å². The first-order chi connectivity index (χ1) is 9.39. The van der Waals surface area contributed by atoms with Crippen molar-refractivity contribution in [3.63, 3.8) is 0 Å². The summed E-state index contributed by atoms with van der Waals surface area (Å²) in [6.07, 6.45) is 8.14. The quantitative estimate of drug-likeness (QED) is 0.688. The van der Waals surface area contributed by atoms with Gasteiger partial charge in [-0.1, -0.05) is 0 Å². The van der Waals surface area contributed by atoms with Crippen LogP contribution >= 0.6 is 0 Å². The van der Waals surface area contributed by atoms with E-state index in [9.17, 15) is 0 Å². The Bertz CT molecular complexity index is 317. The lowest BCUT2D eigenvalue weighted by Gasteiger charge is -2.60. The highest BCUT2D eigenvalue weighted by Crippen LogP contribution is 2.42. The van der Waals surface area contributed by atoms with Crippen LogP contribution < -0.4 is 0 Å². The van der Waals surface area contributed by atoms with Gasteiger partial charge in [0.15, 0.2) is 0 Å². The molecular formula is C18H36AlN2. The molecule has 2 aliphatic rings. The van der Waals surface area contributed by atoms with Crippen LogP contribution in [0.2, 0.25) is 0 Å². The number of hydrogen-bond donors (Lipinski definition) is 0. The molecule has 2 fully saturated rings. The van der Waals surface area contributed by atoms with Crippen molar-refractivity contribution in [2.75, 3.05) is 0 Å². The topological polar surface area (TPSA) is 6.48 Å². The third-order valence-electron chi connectivity index (χ3n) is 5.99. The van der Waals surface area contributed by atoms with Crippen LogP contribution in [0.15, 0.2) is 0 Å². The van der Waals surface area contributed by atoms with E-state index in [1.165, 1.54) is 38.5 Å². The lowest BCUT2D eigenvalue weighted by molar-refractivity contribution is 0.00366. The van der Waals surface area contributed by atoms with Gasteiger partial charge in [-0.3, -0.25) is 0 Å². The summed E-state index contributed by atoms with van der Waals surface area (Å²) in [5.41, 5.74) is 1.39. The molecule has 0 N–H and O–H groups in total. The summed E-state index contributed by atoms with van der Waals surface area (Å²) in [5.74, 6) is 0. The minimum absolute atomic E-state index is 0.186. The van der Waals surface area contributed by atoms with E-state index in [4.69, 9.17) is 0 Å². The Morgan fingerprint density at radius 1 is 0.524 bits per heavy atom. The molecule has 3 heteroatoms. The van der Waals surface area contributed by atoms with Crippen LogP contribution in [-0.4, -0.2) is 45.6 Å². The van der Waals surface area contributed by atoms with Crippen LogP contribution in [-0.2, 0) is 0 Å². The highest BCUT2D eigenvalue weighted by molar-refractivity contribution is 6.29. The number of rotatable bonds is 2. The van der Waals surface area contributed by atoms with Crippen molar-refractivity contribution in [3.8, 4) is 0 Å². The smallest absolute Gasteiger partial charge is 0.368 e. The van der Waals surface area contributed by atoms with Gasteiger partial charge in [0.2, 0.25) is 0 Å². The van der Waals surface area contributed by atoms with E-state index in [0.29, 0.717) is 22.2 Å². The van der Waals surface area contributed by atoms with Crippen molar-refractivity contribution >= 4 is 15.7 Å². The summed E-state index contributed by atoms with van der Waals surface area (Å²) < 4.78 is 5.75. The van der Waals surface area contributed by atoms with Crippen molar-refractivity contribution < 1.29 is 0 Å². The predicted molar refractivity (Wildman–Crippen MR) is 93.5 cm³/mol. The average molecular weight is 307 g/mol. The third kappa shape index (κ3) is 3.52. The van der Waals surface area contributed by atoms with Crippen molar-refractivity contribution in [2.45, 2.75) is 116 Å².